The number of Topliss-reactive ketones (excluding diaryl/α,β-unsaturated/α-hetero) is 1. The smallest absolute Gasteiger partial charge is 0.393 e. The van der Waals surface area contributed by atoms with Gasteiger partial charge in [0.1, 0.15) is 0 Å². The number of aliphatic hydroxyl groups excluding tert-OH is 1. The van der Waals surface area contributed by atoms with E-state index in [-0.39, 0.29) is 86.6 Å². The van der Waals surface area contributed by atoms with Gasteiger partial charge in [0.05, 0.1) is 72.3 Å². The maximum atomic E-state index is 14.5. The van der Waals surface area contributed by atoms with Gasteiger partial charge in [-0.2, -0.15) is 18.3 Å². The van der Waals surface area contributed by atoms with Crippen LogP contribution >= 0.6 is 11.3 Å². The molecule has 78 heavy (non-hydrogen) atoms. The van der Waals surface area contributed by atoms with Crippen LogP contribution in [0.1, 0.15) is 89.5 Å². The van der Waals surface area contributed by atoms with Crippen LogP contribution in [-0.4, -0.2) is 130 Å². The molecule has 3 aromatic heterocycles. The van der Waals surface area contributed by atoms with Crippen molar-refractivity contribution < 1.29 is 46.9 Å². The maximum absolute atomic E-state index is 14.5. The Kier molecular flexibility index (Phi) is 18.9. The van der Waals surface area contributed by atoms with Gasteiger partial charge in [0, 0.05) is 92.1 Å². The highest BCUT2D eigenvalue weighted by atomic mass is 32.1. The molecule has 1 unspecified atom stereocenters. The topological polar surface area (TPSA) is 204 Å². The Balaban J connectivity index is 0.720. The largest absolute Gasteiger partial charge is 0.416 e. The molecular weight excluding hydrogens is 1020 g/mol. The van der Waals surface area contributed by atoms with Gasteiger partial charge in [-0.1, -0.05) is 69.0 Å². The number of aromatic nitrogens is 4. The normalized spacial score (nSPS) is 17.6. The summed E-state index contributed by atoms with van der Waals surface area (Å²) in [5.41, 5.74) is 6.34. The molecule has 20 heteroatoms. The quantitative estimate of drug-likeness (QED) is 0.0369. The fourth-order valence-corrected chi connectivity index (χ4v) is 10.6. The van der Waals surface area contributed by atoms with E-state index in [4.69, 9.17) is 9.47 Å². The van der Waals surface area contributed by atoms with Crippen LogP contribution in [0.3, 0.4) is 0 Å². The van der Waals surface area contributed by atoms with Gasteiger partial charge in [0.25, 0.3) is 5.91 Å². The van der Waals surface area contributed by atoms with Gasteiger partial charge in [0.15, 0.2) is 11.4 Å². The predicted molar refractivity (Wildman–Crippen MR) is 291 cm³/mol. The van der Waals surface area contributed by atoms with E-state index in [9.17, 15) is 37.5 Å². The van der Waals surface area contributed by atoms with Crippen LogP contribution in [0.25, 0.3) is 21.5 Å². The summed E-state index contributed by atoms with van der Waals surface area (Å²) in [7, 11) is 0. The third kappa shape index (κ3) is 15.2. The molecular formula is C58H66F3N9O7S. The highest BCUT2D eigenvalue weighted by Crippen LogP contribution is 2.38. The summed E-state index contributed by atoms with van der Waals surface area (Å²) in [6.45, 7) is 13.8. The van der Waals surface area contributed by atoms with E-state index in [0.717, 1.165) is 38.7 Å². The minimum atomic E-state index is -4.65. The van der Waals surface area contributed by atoms with E-state index in [1.54, 1.807) is 47.4 Å². The number of hydrogen-bond acceptors (Lipinski definition) is 13. The fourth-order valence-electron chi connectivity index (χ4n) is 9.74. The summed E-state index contributed by atoms with van der Waals surface area (Å²) in [5.74, 6) is 3.11. The second kappa shape index (κ2) is 25.7. The number of piperazine rings is 1. The Bertz CT molecular complexity index is 3140. The van der Waals surface area contributed by atoms with Crippen LogP contribution in [0.15, 0.2) is 84.6 Å². The van der Waals surface area contributed by atoms with Crippen molar-refractivity contribution in [1.29, 1.82) is 0 Å². The Labute approximate surface area is 455 Å². The van der Waals surface area contributed by atoms with Crippen molar-refractivity contribution in [2.24, 2.45) is 17.3 Å². The first-order chi connectivity index (χ1) is 37.3. The second-order valence-corrected chi connectivity index (χ2v) is 21.9. The van der Waals surface area contributed by atoms with Gasteiger partial charge < -0.3 is 30.5 Å². The highest BCUT2D eigenvalue weighted by Gasteiger charge is 2.47. The summed E-state index contributed by atoms with van der Waals surface area (Å²) in [6.07, 6.45) is -1.90. The Morgan fingerprint density at radius 3 is 2.31 bits per heavy atom. The van der Waals surface area contributed by atoms with Crippen molar-refractivity contribution in [2.45, 2.75) is 85.3 Å². The number of ether oxygens (including phenoxy) is 2. The Hall–Kier alpha value is -6.86. The summed E-state index contributed by atoms with van der Waals surface area (Å²) < 4.78 is 54.8. The number of alkyl halides is 3. The van der Waals surface area contributed by atoms with Gasteiger partial charge in [-0.25, -0.2) is 9.97 Å². The molecule has 1 saturated carbocycles. The van der Waals surface area contributed by atoms with Crippen molar-refractivity contribution in [3.05, 3.63) is 129 Å². The molecule has 1 aliphatic heterocycles. The number of anilines is 1. The molecule has 16 nitrogen and oxygen atoms in total. The van der Waals surface area contributed by atoms with E-state index in [0.29, 0.717) is 56.1 Å². The summed E-state index contributed by atoms with van der Waals surface area (Å²) >= 11 is 1.57. The van der Waals surface area contributed by atoms with Gasteiger partial charge in [0.2, 0.25) is 11.8 Å². The zero-order valence-electron chi connectivity index (χ0n) is 44.5. The average Bonchev–Trinajstić information content (AvgIpc) is 4.22. The highest BCUT2D eigenvalue weighted by molar-refractivity contribution is 7.13. The summed E-state index contributed by atoms with van der Waals surface area (Å²) in [6, 6.07) is 17.7. The number of H-pyrrole nitrogens is 1. The number of nitrogens with one attached hydrogen (secondary N) is 4. The zero-order chi connectivity index (χ0) is 55.6. The molecule has 0 bridgehead atoms. The molecule has 1 saturated heterocycles. The molecule has 2 fully saturated rings. The first-order valence-electron chi connectivity index (χ1n) is 26.1. The number of aromatic amines is 1. The zero-order valence-corrected chi connectivity index (χ0v) is 45.3. The van der Waals surface area contributed by atoms with Crippen molar-refractivity contribution in [2.75, 3.05) is 64.5 Å². The molecule has 6 aromatic rings. The van der Waals surface area contributed by atoms with Crippen LogP contribution in [0.2, 0.25) is 0 Å². The van der Waals surface area contributed by atoms with E-state index in [2.05, 4.69) is 52.9 Å². The molecule has 3 aromatic carbocycles. The predicted octanol–water partition coefficient (Wildman–Crippen LogP) is 7.71. The van der Waals surface area contributed by atoms with Crippen molar-refractivity contribution >= 4 is 51.6 Å². The number of aryl methyl sites for hydroxylation is 2. The lowest BCUT2D eigenvalue weighted by atomic mass is 9.77. The molecule has 8 rings (SSSR count). The van der Waals surface area contributed by atoms with Gasteiger partial charge in [-0.15, -0.1) is 11.3 Å². The molecule has 4 heterocycles. The number of carbonyl (C=O) groups is 4. The van der Waals surface area contributed by atoms with Crippen molar-refractivity contribution in [3.63, 3.8) is 0 Å². The molecule has 0 spiro atoms. The van der Waals surface area contributed by atoms with Crippen LogP contribution in [0, 0.1) is 42.9 Å². The van der Waals surface area contributed by atoms with Gasteiger partial charge in [-0.05, 0) is 84.7 Å². The minimum Gasteiger partial charge on any atom is -0.393 e. The number of rotatable bonds is 20. The first kappa shape index (κ1) is 57.3. The second-order valence-electron chi connectivity index (χ2n) is 21.0. The average molecular weight is 1090 g/mol. The van der Waals surface area contributed by atoms with Crippen molar-refractivity contribution in [1.82, 2.24) is 40.6 Å². The molecule has 4 atom stereocenters. The summed E-state index contributed by atoms with van der Waals surface area (Å²) in [5, 5.41) is 26.7. The van der Waals surface area contributed by atoms with Crippen molar-refractivity contribution in [3.8, 4) is 22.3 Å². The van der Waals surface area contributed by atoms with E-state index < -0.39 is 47.0 Å². The van der Waals surface area contributed by atoms with Gasteiger partial charge >= 0.3 is 6.18 Å². The van der Waals surface area contributed by atoms with Gasteiger partial charge in [-0.3, -0.25) is 34.1 Å². The van der Waals surface area contributed by atoms with Crippen LogP contribution in [0.5, 0.6) is 0 Å². The van der Waals surface area contributed by atoms with E-state index >= 15 is 0 Å². The number of halogens is 3. The Morgan fingerprint density at radius 1 is 0.859 bits per heavy atom. The van der Waals surface area contributed by atoms with Crippen LogP contribution < -0.4 is 16.0 Å². The number of benzene rings is 3. The Morgan fingerprint density at radius 2 is 1.59 bits per heavy atom. The number of carbonyl (C=O) groups excluding carboxylic acids is 4. The first-order valence-corrected chi connectivity index (χ1v) is 27.0. The molecule has 412 valence electrons. The SMILES string of the molecule is Cc1ccc(C(=O)Nc2ccc(CN3CCN(CCOCCOCCC(=O)N[C@H](C(=O)C4C[C@H](O)C[C@H]4C(=O)NCc4ccc(-c5scnc5C)cc4)C(C)(C)C)CC3)c(C(F)(F)F)c2)cc1C#Cc1cnc2[nH]ncc2c1. The molecule has 0 radical (unpaired) electrons. The lowest BCUT2D eigenvalue weighted by molar-refractivity contribution is -0.138. The maximum Gasteiger partial charge on any atom is 0.416 e. The fraction of sp³-hybridized carbons (Fsp3) is 0.431. The van der Waals surface area contributed by atoms with Crippen LogP contribution in [-0.2, 0) is 43.1 Å². The number of fused-ring (bicyclic) bond motifs is 1. The third-order valence-corrected chi connectivity index (χ3v) is 15.2. The lowest BCUT2D eigenvalue weighted by Gasteiger charge is -2.35. The van der Waals surface area contributed by atoms with E-state index in [1.807, 2.05) is 69.9 Å². The molecule has 5 N–H and O–H groups in total. The number of hydrogen-bond donors (Lipinski definition) is 5. The number of amides is 3. The molecule has 1 aliphatic carbocycles. The third-order valence-electron chi connectivity index (χ3n) is 14.2. The lowest BCUT2D eigenvalue weighted by Crippen LogP contribution is -2.52. The minimum absolute atomic E-state index is 0.00497. The number of thiazole rings is 1. The monoisotopic (exact) mass is 1090 g/mol. The standard InChI is InChI=1S/C58H66F3N9O7S/c1-36-6-10-42(27-41(36)13-9-39-26-44-33-65-68-54(44)62-32-39)55(74)66-45-15-14-43(49(28-45)58(59,60)61)34-70-19-17-69(18-20-70)21-23-77-25-24-76-22-16-50(72)67-53(57(3,4)5)51(73)47-29-46(71)30-48(47)56(75)63-31-38-7-11-40(12-8-38)52-37(2)64-35-78-52/h6-8,10-12,14-15,26-28,32-33,35,46-48,53,71H,16-25,29-31,34H2,1-5H3,(H,63,75)(H,66,74)(H,67,72)(H,62,65,68)/t46-,47?,48+,53+/m0/s1. The summed E-state index contributed by atoms with van der Waals surface area (Å²) in [4.78, 5) is 67.9. The number of pyridine rings is 1. The van der Waals surface area contributed by atoms with E-state index in [1.165, 1.54) is 12.1 Å². The number of aliphatic hydroxyl groups is 1. The van der Waals surface area contributed by atoms with Crippen LogP contribution in [0.4, 0.5) is 18.9 Å². The molecule has 3 amide bonds. The molecule has 2 aliphatic rings. The number of ketones is 1. The number of nitrogens with zero attached hydrogens (tertiary/aromatic N) is 5.